The molecule has 0 spiro atoms. The highest BCUT2D eigenvalue weighted by atomic mass is 32.1. The third-order valence-electron chi connectivity index (χ3n) is 7.59. The van der Waals surface area contributed by atoms with E-state index in [1.54, 1.807) is 37.2 Å². The van der Waals surface area contributed by atoms with Gasteiger partial charge < -0.3 is 19.3 Å². The summed E-state index contributed by atoms with van der Waals surface area (Å²) in [5, 5.41) is 15.3. The predicted molar refractivity (Wildman–Crippen MR) is 155 cm³/mol. The van der Waals surface area contributed by atoms with E-state index in [0.29, 0.717) is 47.2 Å². The molecule has 11 nitrogen and oxygen atoms in total. The molecule has 1 N–H and O–H groups in total. The van der Waals surface area contributed by atoms with E-state index in [4.69, 9.17) is 14.2 Å². The average molecular weight is 583 g/mol. The Hall–Kier alpha value is -3.74. The molecule has 4 aromatic rings. The maximum Gasteiger partial charge on any atom is 0.333 e. The van der Waals surface area contributed by atoms with Crippen molar-refractivity contribution in [3.63, 3.8) is 0 Å². The van der Waals surface area contributed by atoms with Gasteiger partial charge in [-0.1, -0.05) is 23.0 Å². The molecule has 0 bridgehead atoms. The Bertz CT molecular complexity index is 1690. The Kier molecular flexibility index (Phi) is 7.91. The van der Waals surface area contributed by atoms with Gasteiger partial charge in [-0.05, 0) is 58.7 Å². The molecule has 1 fully saturated rings. The maximum absolute atomic E-state index is 14.2. The number of benzene rings is 1. The second-order valence-corrected chi connectivity index (χ2v) is 11.7. The maximum atomic E-state index is 14.2. The van der Waals surface area contributed by atoms with Crippen molar-refractivity contribution in [1.29, 1.82) is 0 Å². The van der Waals surface area contributed by atoms with Crippen molar-refractivity contribution in [3.05, 3.63) is 74.2 Å². The Morgan fingerprint density at radius 3 is 2.61 bits per heavy atom. The van der Waals surface area contributed by atoms with Gasteiger partial charge in [-0.2, -0.15) is 5.10 Å². The number of ether oxygens (including phenoxy) is 3. The summed E-state index contributed by atoms with van der Waals surface area (Å²) in [4.78, 5) is 40.8. The van der Waals surface area contributed by atoms with Crippen LogP contribution in [-0.2, 0) is 26.4 Å². The molecule has 0 aliphatic carbocycles. The SMILES string of the molecule is COc1ccc(C)cc1[C@H](Cn1c(=O)n(C(C)(C)C(=O)O)c(=O)c2c(C)c(-n3cccn3)sc21)OC1CCOCC1. The van der Waals surface area contributed by atoms with Gasteiger partial charge in [-0.15, -0.1) is 0 Å². The van der Waals surface area contributed by atoms with Crippen LogP contribution in [0, 0.1) is 13.8 Å². The molecule has 0 unspecified atom stereocenters. The first-order valence-corrected chi connectivity index (χ1v) is 14.3. The second-order valence-electron chi connectivity index (χ2n) is 10.7. The number of thiophene rings is 1. The summed E-state index contributed by atoms with van der Waals surface area (Å²) in [5.74, 6) is -0.686. The van der Waals surface area contributed by atoms with Crippen LogP contribution >= 0.6 is 11.3 Å². The number of aromatic nitrogens is 4. The van der Waals surface area contributed by atoms with Crippen LogP contribution in [0.15, 0.2) is 46.2 Å². The molecule has 1 atom stereocenters. The largest absolute Gasteiger partial charge is 0.496 e. The molecule has 218 valence electrons. The van der Waals surface area contributed by atoms with Crippen molar-refractivity contribution >= 4 is 27.5 Å². The molecule has 12 heteroatoms. The van der Waals surface area contributed by atoms with E-state index in [0.717, 1.165) is 15.7 Å². The number of hydrogen-bond donors (Lipinski definition) is 1. The summed E-state index contributed by atoms with van der Waals surface area (Å²) in [6.07, 6.45) is 4.03. The van der Waals surface area contributed by atoms with Crippen molar-refractivity contribution < 1.29 is 24.1 Å². The van der Waals surface area contributed by atoms with Gasteiger partial charge in [0, 0.05) is 36.7 Å². The Morgan fingerprint density at radius 2 is 1.98 bits per heavy atom. The van der Waals surface area contributed by atoms with Gasteiger partial charge in [0.15, 0.2) is 0 Å². The molecule has 1 aliphatic heterocycles. The van der Waals surface area contributed by atoms with E-state index in [1.165, 1.54) is 29.8 Å². The second kappa shape index (κ2) is 11.3. The van der Waals surface area contributed by atoms with Crippen LogP contribution in [-0.4, -0.2) is 56.4 Å². The van der Waals surface area contributed by atoms with E-state index in [2.05, 4.69) is 5.10 Å². The fraction of sp³-hybridized carbons (Fsp3) is 0.448. The number of rotatable bonds is 9. The van der Waals surface area contributed by atoms with Gasteiger partial charge in [0.25, 0.3) is 5.56 Å². The number of methoxy groups -OCH3 is 1. The normalized spacial score (nSPS) is 15.3. The third kappa shape index (κ3) is 5.22. The summed E-state index contributed by atoms with van der Waals surface area (Å²) in [6.45, 7) is 7.62. The molecule has 4 heterocycles. The number of aliphatic carboxylic acids is 1. The van der Waals surface area contributed by atoms with Gasteiger partial charge in [0.05, 0.1) is 25.1 Å². The highest BCUT2D eigenvalue weighted by Gasteiger charge is 2.36. The number of carboxylic acid groups (broad SMARTS) is 1. The zero-order chi connectivity index (χ0) is 29.5. The molecule has 41 heavy (non-hydrogen) atoms. The van der Waals surface area contributed by atoms with Crippen molar-refractivity contribution in [2.24, 2.45) is 0 Å². The number of aryl methyl sites for hydroxylation is 2. The first kappa shape index (κ1) is 28.8. The van der Waals surface area contributed by atoms with Gasteiger partial charge >= 0.3 is 11.7 Å². The summed E-state index contributed by atoms with van der Waals surface area (Å²) in [7, 11) is 1.58. The van der Waals surface area contributed by atoms with Crippen LogP contribution in [0.4, 0.5) is 0 Å². The van der Waals surface area contributed by atoms with Crippen molar-refractivity contribution in [2.75, 3.05) is 20.3 Å². The lowest BCUT2D eigenvalue weighted by Gasteiger charge is -2.30. The standard InChI is InChI=1S/C29H34N4O7S/c1-17-7-8-21(38-5)20(15-17)22(40-19-9-13-39-14-10-19)16-31-26-23(18(2)25(41-26)32-12-6-11-30-32)24(34)33(28(31)37)29(3,4)27(35)36/h6-8,11-12,15,19,22H,9-10,13-14,16H2,1-5H3,(H,35,36)/t22-/m0/s1. The lowest BCUT2D eigenvalue weighted by atomic mass is 10.0. The van der Waals surface area contributed by atoms with E-state index >= 15 is 0 Å². The van der Waals surface area contributed by atoms with Gasteiger partial charge in [-0.3, -0.25) is 9.36 Å². The van der Waals surface area contributed by atoms with Crippen LogP contribution in [0.2, 0.25) is 0 Å². The highest BCUT2D eigenvalue weighted by molar-refractivity contribution is 7.21. The van der Waals surface area contributed by atoms with Crippen LogP contribution in [0.25, 0.3) is 15.2 Å². The molecule has 5 rings (SSSR count). The molecule has 0 amide bonds. The summed E-state index contributed by atoms with van der Waals surface area (Å²) < 4.78 is 21.8. The highest BCUT2D eigenvalue weighted by Crippen LogP contribution is 2.35. The summed E-state index contributed by atoms with van der Waals surface area (Å²) in [5.41, 5.74) is -0.829. The average Bonchev–Trinajstić information content (AvgIpc) is 3.59. The van der Waals surface area contributed by atoms with Crippen molar-refractivity contribution in [1.82, 2.24) is 18.9 Å². The fourth-order valence-electron chi connectivity index (χ4n) is 5.22. The molecular weight excluding hydrogens is 548 g/mol. The van der Waals surface area contributed by atoms with Crippen LogP contribution in [0.3, 0.4) is 0 Å². The monoisotopic (exact) mass is 582 g/mol. The molecule has 0 saturated carbocycles. The molecule has 3 aromatic heterocycles. The Labute approximate surface area is 240 Å². The Balaban J connectivity index is 1.77. The summed E-state index contributed by atoms with van der Waals surface area (Å²) >= 11 is 1.26. The molecule has 1 saturated heterocycles. The molecule has 1 aromatic carbocycles. The van der Waals surface area contributed by atoms with Gasteiger partial charge in [-0.25, -0.2) is 18.8 Å². The number of hydrogen-bond acceptors (Lipinski definition) is 8. The molecular formula is C29H34N4O7S. The fourth-order valence-corrected chi connectivity index (χ4v) is 6.47. The van der Waals surface area contributed by atoms with E-state index in [1.807, 2.05) is 25.1 Å². The lowest BCUT2D eigenvalue weighted by Crippen LogP contribution is -2.52. The number of fused-ring (bicyclic) bond motifs is 1. The van der Waals surface area contributed by atoms with Crippen molar-refractivity contribution in [2.45, 2.75) is 64.8 Å². The van der Waals surface area contributed by atoms with Gasteiger partial charge in [0.2, 0.25) is 0 Å². The number of nitrogens with zero attached hydrogens (tertiary/aromatic N) is 4. The third-order valence-corrected chi connectivity index (χ3v) is 8.89. The van der Waals surface area contributed by atoms with Gasteiger partial charge in [0.1, 0.15) is 27.2 Å². The van der Waals surface area contributed by atoms with E-state index in [9.17, 15) is 19.5 Å². The van der Waals surface area contributed by atoms with Crippen LogP contribution < -0.4 is 16.0 Å². The van der Waals surface area contributed by atoms with Crippen LogP contribution in [0.5, 0.6) is 5.75 Å². The minimum absolute atomic E-state index is 0.0288. The minimum Gasteiger partial charge on any atom is -0.496 e. The zero-order valence-electron chi connectivity index (χ0n) is 23.7. The first-order chi connectivity index (χ1) is 19.5. The Morgan fingerprint density at radius 1 is 1.24 bits per heavy atom. The zero-order valence-corrected chi connectivity index (χ0v) is 24.6. The van der Waals surface area contributed by atoms with Crippen LogP contribution in [0.1, 0.15) is 49.5 Å². The van der Waals surface area contributed by atoms with E-state index < -0.39 is 28.9 Å². The van der Waals surface area contributed by atoms with E-state index in [-0.39, 0.29) is 18.0 Å². The van der Waals surface area contributed by atoms with Crippen molar-refractivity contribution in [3.8, 4) is 10.8 Å². The number of carbonyl (C=O) groups is 1. The first-order valence-electron chi connectivity index (χ1n) is 13.4. The predicted octanol–water partition coefficient (Wildman–Crippen LogP) is 3.79. The summed E-state index contributed by atoms with van der Waals surface area (Å²) in [6, 6.07) is 7.54. The minimum atomic E-state index is -1.80. The lowest BCUT2D eigenvalue weighted by molar-refractivity contribution is -0.146. The topological polar surface area (TPSA) is 127 Å². The molecule has 1 aliphatic rings. The quantitative estimate of drug-likeness (QED) is 0.316. The smallest absolute Gasteiger partial charge is 0.333 e. The number of carboxylic acids is 1. The molecule has 0 radical (unpaired) electrons.